The van der Waals surface area contributed by atoms with E-state index in [1.807, 2.05) is 48.5 Å². The monoisotopic (exact) mass is 381 g/mol. The van der Waals surface area contributed by atoms with Crippen LogP contribution in [0.25, 0.3) is 0 Å². The van der Waals surface area contributed by atoms with Crippen molar-refractivity contribution in [3.8, 4) is 0 Å². The zero-order chi connectivity index (χ0) is 15.6. The van der Waals surface area contributed by atoms with E-state index in [4.69, 9.17) is 4.74 Å². The molecule has 1 aliphatic heterocycles. The SMILES string of the molecule is O=S(=O)(Cc1ccccc1)N(CC1CO1)c1cccc(Br)c1. The molecule has 0 aromatic heterocycles. The first kappa shape index (κ1) is 15.5. The average molecular weight is 382 g/mol. The van der Waals surface area contributed by atoms with Crippen LogP contribution >= 0.6 is 15.9 Å². The number of sulfonamides is 1. The molecule has 1 fully saturated rings. The van der Waals surface area contributed by atoms with Gasteiger partial charge in [-0.15, -0.1) is 0 Å². The Morgan fingerprint density at radius 1 is 1.14 bits per heavy atom. The fourth-order valence-corrected chi connectivity index (χ4v) is 4.22. The number of benzene rings is 2. The van der Waals surface area contributed by atoms with Gasteiger partial charge in [0.25, 0.3) is 0 Å². The van der Waals surface area contributed by atoms with Gasteiger partial charge in [-0.3, -0.25) is 4.31 Å². The lowest BCUT2D eigenvalue weighted by molar-refractivity contribution is 0.412. The van der Waals surface area contributed by atoms with Crippen molar-refractivity contribution in [2.24, 2.45) is 0 Å². The van der Waals surface area contributed by atoms with Crippen LogP contribution < -0.4 is 4.31 Å². The van der Waals surface area contributed by atoms with Crippen LogP contribution in [-0.4, -0.2) is 27.7 Å². The highest BCUT2D eigenvalue weighted by Gasteiger charge is 2.32. The molecule has 1 saturated heterocycles. The Bertz CT molecular complexity index is 745. The molecule has 1 aliphatic rings. The predicted molar refractivity (Wildman–Crippen MR) is 90.3 cm³/mol. The van der Waals surface area contributed by atoms with Gasteiger partial charge in [-0.25, -0.2) is 8.42 Å². The van der Waals surface area contributed by atoms with Crippen molar-refractivity contribution >= 4 is 31.6 Å². The highest BCUT2D eigenvalue weighted by Crippen LogP contribution is 2.26. The van der Waals surface area contributed by atoms with Crippen LogP contribution in [0.5, 0.6) is 0 Å². The topological polar surface area (TPSA) is 49.9 Å². The Hall–Kier alpha value is -1.37. The smallest absolute Gasteiger partial charge is 0.239 e. The van der Waals surface area contributed by atoms with E-state index >= 15 is 0 Å². The van der Waals surface area contributed by atoms with E-state index in [1.54, 1.807) is 6.07 Å². The number of halogens is 1. The molecule has 4 nitrogen and oxygen atoms in total. The molecule has 0 N–H and O–H groups in total. The van der Waals surface area contributed by atoms with Gasteiger partial charge in [0.2, 0.25) is 10.0 Å². The third-order valence-electron chi connectivity index (χ3n) is 3.40. The van der Waals surface area contributed by atoms with Gasteiger partial charge in [-0.05, 0) is 23.8 Å². The normalized spacial score (nSPS) is 17.2. The molecule has 116 valence electrons. The van der Waals surface area contributed by atoms with Crippen LogP contribution in [0.2, 0.25) is 0 Å². The van der Waals surface area contributed by atoms with E-state index in [-0.39, 0.29) is 11.9 Å². The Morgan fingerprint density at radius 2 is 1.86 bits per heavy atom. The molecule has 0 aliphatic carbocycles. The summed E-state index contributed by atoms with van der Waals surface area (Å²) < 4.78 is 33.2. The molecule has 3 rings (SSSR count). The summed E-state index contributed by atoms with van der Waals surface area (Å²) in [5.74, 6) is -0.0208. The first-order valence-electron chi connectivity index (χ1n) is 6.96. The number of nitrogens with zero attached hydrogens (tertiary/aromatic N) is 1. The molecule has 1 atom stereocenters. The van der Waals surface area contributed by atoms with Gasteiger partial charge in [0.1, 0.15) is 0 Å². The molecule has 6 heteroatoms. The second kappa shape index (κ2) is 6.40. The Labute approximate surface area is 138 Å². The van der Waals surface area contributed by atoms with Gasteiger partial charge in [0.05, 0.1) is 30.7 Å². The Morgan fingerprint density at radius 3 is 2.50 bits per heavy atom. The van der Waals surface area contributed by atoms with E-state index in [2.05, 4.69) is 15.9 Å². The van der Waals surface area contributed by atoms with Gasteiger partial charge in [-0.2, -0.15) is 0 Å². The van der Waals surface area contributed by atoms with Crippen LogP contribution in [0.1, 0.15) is 5.56 Å². The number of hydrogen-bond acceptors (Lipinski definition) is 3. The lowest BCUT2D eigenvalue weighted by Crippen LogP contribution is -2.35. The summed E-state index contributed by atoms with van der Waals surface area (Å²) >= 11 is 3.39. The van der Waals surface area contributed by atoms with Crippen molar-refractivity contribution in [3.63, 3.8) is 0 Å². The second-order valence-corrected chi connectivity index (χ2v) is 8.02. The molecule has 2 aromatic carbocycles. The van der Waals surface area contributed by atoms with E-state index in [9.17, 15) is 8.42 Å². The quantitative estimate of drug-likeness (QED) is 0.721. The van der Waals surface area contributed by atoms with Gasteiger partial charge in [0, 0.05) is 4.47 Å². The number of ether oxygens (including phenoxy) is 1. The van der Waals surface area contributed by atoms with E-state index in [0.717, 1.165) is 10.0 Å². The van der Waals surface area contributed by atoms with Gasteiger partial charge >= 0.3 is 0 Å². The second-order valence-electron chi connectivity index (χ2n) is 5.21. The minimum Gasteiger partial charge on any atom is -0.371 e. The molecule has 0 saturated carbocycles. The molecule has 0 spiro atoms. The van der Waals surface area contributed by atoms with Crippen LogP contribution in [0, 0.1) is 0 Å². The summed E-state index contributed by atoms with van der Waals surface area (Å²) in [7, 11) is -3.47. The molecule has 0 amide bonds. The molecular formula is C16H16BrNO3S. The maximum atomic E-state index is 12.8. The number of epoxide rings is 1. The third kappa shape index (κ3) is 3.88. The summed E-state index contributed by atoms with van der Waals surface area (Å²) in [5.41, 5.74) is 1.43. The molecule has 0 radical (unpaired) electrons. The van der Waals surface area contributed by atoms with Crippen molar-refractivity contribution < 1.29 is 13.2 Å². The fraction of sp³-hybridized carbons (Fsp3) is 0.250. The third-order valence-corrected chi connectivity index (χ3v) is 5.62. The molecule has 1 unspecified atom stereocenters. The predicted octanol–water partition coefficient (Wildman–Crippen LogP) is 3.18. The van der Waals surface area contributed by atoms with Gasteiger partial charge in [0.15, 0.2) is 0 Å². The first-order valence-corrected chi connectivity index (χ1v) is 9.36. The van der Waals surface area contributed by atoms with Crippen LogP contribution in [0.15, 0.2) is 59.1 Å². The molecule has 0 bridgehead atoms. The molecule has 1 heterocycles. The van der Waals surface area contributed by atoms with Crippen LogP contribution in [0.3, 0.4) is 0 Å². The maximum Gasteiger partial charge on any atom is 0.239 e. The molecular weight excluding hydrogens is 366 g/mol. The Kier molecular flexibility index (Phi) is 4.52. The van der Waals surface area contributed by atoms with E-state index in [0.29, 0.717) is 18.8 Å². The fourth-order valence-electron chi connectivity index (χ4n) is 2.23. The Balaban J connectivity index is 1.90. The highest BCUT2D eigenvalue weighted by molar-refractivity contribution is 9.10. The van der Waals surface area contributed by atoms with Crippen molar-refractivity contribution in [2.45, 2.75) is 11.9 Å². The molecule has 2 aromatic rings. The highest BCUT2D eigenvalue weighted by atomic mass is 79.9. The van der Waals surface area contributed by atoms with Gasteiger partial charge in [-0.1, -0.05) is 52.3 Å². The zero-order valence-electron chi connectivity index (χ0n) is 11.9. The van der Waals surface area contributed by atoms with Crippen molar-refractivity contribution in [1.82, 2.24) is 0 Å². The largest absolute Gasteiger partial charge is 0.371 e. The summed E-state index contributed by atoms with van der Waals surface area (Å²) in [6, 6.07) is 16.5. The summed E-state index contributed by atoms with van der Waals surface area (Å²) in [6.45, 7) is 0.969. The van der Waals surface area contributed by atoms with Gasteiger partial charge < -0.3 is 4.74 Å². The van der Waals surface area contributed by atoms with Crippen molar-refractivity contribution in [1.29, 1.82) is 0 Å². The minimum atomic E-state index is -3.47. The maximum absolute atomic E-state index is 12.8. The van der Waals surface area contributed by atoms with Crippen molar-refractivity contribution in [3.05, 3.63) is 64.6 Å². The van der Waals surface area contributed by atoms with E-state index in [1.165, 1.54) is 4.31 Å². The lowest BCUT2D eigenvalue weighted by Gasteiger charge is -2.24. The van der Waals surface area contributed by atoms with Crippen molar-refractivity contribution in [2.75, 3.05) is 17.5 Å². The zero-order valence-corrected chi connectivity index (χ0v) is 14.3. The minimum absolute atomic E-state index is 0.00969. The average Bonchev–Trinajstić information content (AvgIpc) is 3.29. The summed E-state index contributed by atoms with van der Waals surface area (Å²) in [4.78, 5) is 0. The number of rotatable bonds is 6. The standard InChI is InChI=1S/C16H16BrNO3S/c17-14-7-4-8-15(9-14)18(10-16-11-21-16)22(19,20)12-13-5-2-1-3-6-13/h1-9,16H,10-12H2. The lowest BCUT2D eigenvalue weighted by atomic mass is 10.2. The first-order chi connectivity index (χ1) is 10.5. The van der Waals surface area contributed by atoms with Crippen LogP contribution in [-0.2, 0) is 20.5 Å². The molecule has 22 heavy (non-hydrogen) atoms. The van der Waals surface area contributed by atoms with E-state index < -0.39 is 10.0 Å². The van der Waals surface area contributed by atoms with Crippen LogP contribution in [0.4, 0.5) is 5.69 Å². The number of anilines is 1. The number of hydrogen-bond donors (Lipinski definition) is 0. The summed E-state index contributed by atoms with van der Waals surface area (Å²) in [5, 5.41) is 0. The summed E-state index contributed by atoms with van der Waals surface area (Å²) in [6.07, 6.45) is -0.00969.